The Labute approximate surface area is 152 Å². The smallest absolute Gasteiger partial charge is 0.253 e. The Morgan fingerprint density at radius 1 is 1.31 bits per heavy atom. The van der Waals surface area contributed by atoms with Crippen molar-refractivity contribution in [3.05, 3.63) is 35.8 Å². The number of amides is 1. The van der Waals surface area contributed by atoms with Gasteiger partial charge in [-0.3, -0.25) is 9.78 Å². The molecule has 0 unspecified atom stereocenters. The highest BCUT2D eigenvalue weighted by atomic mass is 19.1. The number of carbonyl (C=O) groups is 1. The summed E-state index contributed by atoms with van der Waals surface area (Å²) in [5.41, 5.74) is -0.0826. The molecule has 1 heterocycles. The second kappa shape index (κ2) is 7.19. The van der Waals surface area contributed by atoms with Gasteiger partial charge in [0.15, 0.2) is 11.6 Å². The van der Waals surface area contributed by atoms with Crippen LogP contribution in [0.5, 0.6) is 5.75 Å². The molecule has 3 rings (SSSR count). The first-order valence-electron chi connectivity index (χ1n) is 8.95. The molecule has 0 radical (unpaired) electrons. The molecular formula is C20H25FN2O3. The van der Waals surface area contributed by atoms with E-state index < -0.39 is 11.4 Å². The zero-order chi connectivity index (χ0) is 18.9. The number of hydrogen-bond donors (Lipinski definition) is 2. The molecule has 5 nitrogen and oxygen atoms in total. The van der Waals surface area contributed by atoms with Crippen LogP contribution >= 0.6 is 0 Å². The van der Waals surface area contributed by atoms with E-state index in [-0.39, 0.29) is 29.1 Å². The minimum atomic E-state index is -0.678. The normalized spacial score (nSPS) is 20.8. The first-order chi connectivity index (χ1) is 12.3. The lowest BCUT2D eigenvalue weighted by atomic mass is 9.77. The number of benzene rings is 1. The molecule has 1 amide bonds. The molecule has 0 aliphatic heterocycles. The Kier molecular flexibility index (Phi) is 5.14. The minimum Gasteiger partial charge on any atom is -0.494 e. The van der Waals surface area contributed by atoms with Crippen molar-refractivity contribution in [3.8, 4) is 5.75 Å². The zero-order valence-corrected chi connectivity index (χ0v) is 15.4. The number of aliphatic hydroxyl groups is 1. The Morgan fingerprint density at radius 3 is 2.62 bits per heavy atom. The monoisotopic (exact) mass is 360 g/mol. The molecule has 1 saturated carbocycles. The van der Waals surface area contributed by atoms with Crippen molar-refractivity contribution in [2.24, 2.45) is 5.92 Å². The lowest BCUT2D eigenvalue weighted by molar-refractivity contribution is -0.00257. The van der Waals surface area contributed by atoms with Gasteiger partial charge in [0.2, 0.25) is 0 Å². The quantitative estimate of drug-likeness (QED) is 0.876. The molecule has 0 bridgehead atoms. The molecule has 1 aliphatic carbocycles. The average molecular weight is 360 g/mol. The fourth-order valence-corrected chi connectivity index (χ4v) is 3.64. The van der Waals surface area contributed by atoms with Gasteiger partial charge in [-0.15, -0.1) is 0 Å². The fraction of sp³-hybridized carbons (Fsp3) is 0.500. The number of carbonyl (C=O) groups excluding carboxylic acids is 1. The van der Waals surface area contributed by atoms with Crippen LogP contribution in [0, 0.1) is 11.7 Å². The van der Waals surface area contributed by atoms with E-state index in [1.165, 1.54) is 19.4 Å². The third-order valence-corrected chi connectivity index (χ3v) is 5.30. The molecule has 2 aromatic rings. The highest BCUT2D eigenvalue weighted by molar-refractivity contribution is 5.97. The SMILES string of the molecule is COc1ccc2cc(C(=O)NC3CCC(C(C)(C)O)CC3)cnc2c1F. The molecule has 0 atom stereocenters. The van der Waals surface area contributed by atoms with Crippen LogP contribution in [-0.4, -0.2) is 34.8 Å². The van der Waals surface area contributed by atoms with Crippen LogP contribution < -0.4 is 10.1 Å². The summed E-state index contributed by atoms with van der Waals surface area (Å²) in [5.74, 6) is -0.342. The van der Waals surface area contributed by atoms with Crippen molar-refractivity contribution in [2.45, 2.75) is 51.2 Å². The summed E-state index contributed by atoms with van der Waals surface area (Å²) in [4.78, 5) is 16.6. The van der Waals surface area contributed by atoms with Gasteiger partial charge in [0.25, 0.3) is 5.91 Å². The number of pyridine rings is 1. The van der Waals surface area contributed by atoms with Gasteiger partial charge in [-0.25, -0.2) is 4.39 Å². The summed E-state index contributed by atoms with van der Waals surface area (Å²) in [6, 6.07) is 4.95. The number of fused-ring (bicyclic) bond motifs is 1. The van der Waals surface area contributed by atoms with Crippen LogP contribution in [0.3, 0.4) is 0 Å². The van der Waals surface area contributed by atoms with E-state index in [9.17, 15) is 14.3 Å². The summed E-state index contributed by atoms with van der Waals surface area (Å²) in [5, 5.41) is 13.7. The largest absolute Gasteiger partial charge is 0.494 e. The van der Waals surface area contributed by atoms with E-state index in [0.29, 0.717) is 10.9 Å². The standard InChI is InChI=1S/C20H25FN2O3/c1-20(2,25)14-5-7-15(8-6-14)23-19(24)13-10-12-4-9-16(26-3)17(21)18(12)22-11-13/h4,9-11,14-15,25H,5-8H2,1-3H3,(H,23,24). The summed E-state index contributed by atoms with van der Waals surface area (Å²) >= 11 is 0. The highest BCUT2D eigenvalue weighted by Gasteiger charge is 2.31. The second-order valence-corrected chi connectivity index (χ2v) is 7.55. The molecule has 1 fully saturated rings. The Morgan fingerprint density at radius 2 is 2.00 bits per heavy atom. The summed E-state index contributed by atoms with van der Waals surface area (Å²) < 4.78 is 19.2. The predicted molar refractivity (Wildman–Crippen MR) is 97.8 cm³/mol. The maximum absolute atomic E-state index is 14.2. The predicted octanol–water partition coefficient (Wildman–Crippen LogP) is 3.44. The van der Waals surface area contributed by atoms with E-state index in [1.807, 2.05) is 13.8 Å². The van der Waals surface area contributed by atoms with E-state index in [2.05, 4.69) is 10.3 Å². The van der Waals surface area contributed by atoms with E-state index in [1.54, 1.807) is 12.1 Å². The molecule has 1 aromatic carbocycles. The molecule has 2 N–H and O–H groups in total. The maximum atomic E-state index is 14.2. The number of methoxy groups -OCH3 is 1. The van der Waals surface area contributed by atoms with Gasteiger partial charge >= 0.3 is 0 Å². The highest BCUT2D eigenvalue weighted by Crippen LogP contribution is 2.32. The average Bonchev–Trinajstić information content (AvgIpc) is 2.61. The summed E-state index contributed by atoms with van der Waals surface area (Å²) in [6.07, 6.45) is 4.84. The van der Waals surface area contributed by atoms with Gasteiger partial charge in [0, 0.05) is 17.6 Å². The van der Waals surface area contributed by atoms with Crippen molar-refractivity contribution in [1.82, 2.24) is 10.3 Å². The molecule has 140 valence electrons. The Bertz CT molecular complexity index is 809. The van der Waals surface area contributed by atoms with Crippen LogP contribution in [0.4, 0.5) is 4.39 Å². The summed E-state index contributed by atoms with van der Waals surface area (Å²) in [7, 11) is 1.40. The molecule has 1 aromatic heterocycles. The molecule has 26 heavy (non-hydrogen) atoms. The summed E-state index contributed by atoms with van der Waals surface area (Å²) in [6.45, 7) is 3.68. The fourth-order valence-electron chi connectivity index (χ4n) is 3.64. The van der Waals surface area contributed by atoms with Crippen molar-refractivity contribution in [2.75, 3.05) is 7.11 Å². The number of aromatic nitrogens is 1. The second-order valence-electron chi connectivity index (χ2n) is 7.55. The number of rotatable bonds is 4. The first-order valence-corrected chi connectivity index (χ1v) is 8.95. The zero-order valence-electron chi connectivity index (χ0n) is 15.4. The van der Waals surface area contributed by atoms with Gasteiger partial charge in [-0.1, -0.05) is 0 Å². The molecular weight excluding hydrogens is 335 g/mol. The number of halogens is 1. The van der Waals surface area contributed by atoms with Crippen LogP contribution in [0.25, 0.3) is 10.9 Å². The number of ether oxygens (including phenoxy) is 1. The van der Waals surface area contributed by atoms with Crippen LogP contribution in [-0.2, 0) is 0 Å². The first kappa shape index (κ1) is 18.6. The third-order valence-electron chi connectivity index (χ3n) is 5.30. The number of hydrogen-bond acceptors (Lipinski definition) is 4. The van der Waals surface area contributed by atoms with Crippen molar-refractivity contribution < 1.29 is 19.0 Å². The van der Waals surface area contributed by atoms with Crippen LogP contribution in [0.2, 0.25) is 0 Å². The lowest BCUT2D eigenvalue weighted by Gasteiger charge is -2.36. The van der Waals surface area contributed by atoms with Crippen LogP contribution in [0.1, 0.15) is 49.9 Å². The van der Waals surface area contributed by atoms with E-state index in [4.69, 9.17) is 4.74 Å². The van der Waals surface area contributed by atoms with Gasteiger partial charge in [-0.2, -0.15) is 0 Å². The maximum Gasteiger partial charge on any atom is 0.253 e. The van der Waals surface area contributed by atoms with Gasteiger partial charge in [0.05, 0.1) is 18.3 Å². The van der Waals surface area contributed by atoms with Gasteiger partial charge in [0.1, 0.15) is 5.52 Å². The Balaban J connectivity index is 1.69. The van der Waals surface area contributed by atoms with E-state index in [0.717, 1.165) is 25.7 Å². The van der Waals surface area contributed by atoms with Gasteiger partial charge in [-0.05, 0) is 63.6 Å². The topological polar surface area (TPSA) is 71.5 Å². The molecule has 1 aliphatic rings. The van der Waals surface area contributed by atoms with Crippen molar-refractivity contribution >= 4 is 16.8 Å². The molecule has 0 spiro atoms. The number of nitrogens with one attached hydrogen (secondary N) is 1. The van der Waals surface area contributed by atoms with Crippen LogP contribution in [0.15, 0.2) is 24.4 Å². The minimum absolute atomic E-state index is 0.0874. The van der Waals surface area contributed by atoms with Gasteiger partial charge < -0.3 is 15.2 Å². The molecule has 6 heteroatoms. The Hall–Kier alpha value is -2.21. The van der Waals surface area contributed by atoms with Crippen molar-refractivity contribution in [1.29, 1.82) is 0 Å². The number of nitrogens with zero attached hydrogens (tertiary/aromatic N) is 1. The third kappa shape index (κ3) is 3.80. The lowest BCUT2D eigenvalue weighted by Crippen LogP contribution is -2.41. The van der Waals surface area contributed by atoms with E-state index >= 15 is 0 Å². The molecule has 0 saturated heterocycles. The van der Waals surface area contributed by atoms with Crippen molar-refractivity contribution in [3.63, 3.8) is 0 Å².